The Balaban J connectivity index is 1.37. The number of aryl methyl sites for hydroxylation is 1. The van der Waals surface area contributed by atoms with Crippen LogP contribution in [-0.2, 0) is 13.6 Å². The van der Waals surface area contributed by atoms with Crippen molar-refractivity contribution in [3.8, 4) is 0 Å². The summed E-state index contributed by atoms with van der Waals surface area (Å²) >= 11 is 0. The summed E-state index contributed by atoms with van der Waals surface area (Å²) in [7, 11) is 1.97. The zero-order chi connectivity index (χ0) is 17.9. The third-order valence-electron chi connectivity index (χ3n) is 5.13. The van der Waals surface area contributed by atoms with Crippen molar-refractivity contribution in [3.05, 3.63) is 72.1 Å². The van der Waals surface area contributed by atoms with Gasteiger partial charge in [0.25, 0.3) is 5.91 Å². The zero-order valence-corrected chi connectivity index (χ0v) is 15.0. The molecule has 1 amide bonds. The van der Waals surface area contributed by atoms with Crippen LogP contribution < -0.4 is 0 Å². The van der Waals surface area contributed by atoms with E-state index in [1.807, 2.05) is 65.3 Å². The summed E-state index contributed by atoms with van der Waals surface area (Å²) in [5.74, 6) is 1.52. The van der Waals surface area contributed by atoms with E-state index < -0.39 is 0 Å². The van der Waals surface area contributed by atoms with E-state index >= 15 is 0 Å². The first-order chi connectivity index (χ1) is 12.7. The van der Waals surface area contributed by atoms with E-state index in [-0.39, 0.29) is 5.91 Å². The Morgan fingerprint density at radius 3 is 2.42 bits per heavy atom. The second-order valence-electron chi connectivity index (χ2n) is 6.92. The van der Waals surface area contributed by atoms with Crippen molar-refractivity contribution < 1.29 is 4.79 Å². The predicted octanol–water partition coefficient (Wildman–Crippen LogP) is 2.68. The van der Waals surface area contributed by atoms with Crippen molar-refractivity contribution in [3.63, 3.8) is 0 Å². The van der Waals surface area contributed by atoms with Gasteiger partial charge in [0.15, 0.2) is 0 Å². The summed E-state index contributed by atoms with van der Waals surface area (Å²) < 4.78 is 4.10. The SMILES string of the molecule is Cn1cnnc1C1CCN(C(=O)c2ccc(Cn3cccc3)cc2)CC1. The summed E-state index contributed by atoms with van der Waals surface area (Å²) in [6.45, 7) is 2.35. The third-order valence-corrected chi connectivity index (χ3v) is 5.13. The molecule has 3 aromatic rings. The van der Waals surface area contributed by atoms with Gasteiger partial charge in [-0.2, -0.15) is 0 Å². The van der Waals surface area contributed by atoms with Crippen molar-refractivity contribution in [1.82, 2.24) is 24.2 Å². The highest BCUT2D eigenvalue weighted by molar-refractivity contribution is 5.94. The van der Waals surface area contributed by atoms with E-state index in [1.54, 1.807) is 6.33 Å². The van der Waals surface area contributed by atoms with Crippen molar-refractivity contribution in [2.75, 3.05) is 13.1 Å². The molecule has 0 spiro atoms. The number of hydrogen-bond acceptors (Lipinski definition) is 3. The number of carbonyl (C=O) groups excluding carboxylic acids is 1. The minimum atomic E-state index is 0.119. The summed E-state index contributed by atoms with van der Waals surface area (Å²) in [5.41, 5.74) is 1.96. The molecular weight excluding hydrogens is 326 g/mol. The van der Waals surface area contributed by atoms with Gasteiger partial charge < -0.3 is 14.0 Å². The molecule has 0 bridgehead atoms. The molecule has 4 rings (SSSR count). The van der Waals surface area contributed by atoms with E-state index in [4.69, 9.17) is 0 Å². The summed E-state index contributed by atoms with van der Waals surface area (Å²) in [6.07, 6.45) is 7.69. The Kier molecular flexibility index (Phi) is 4.56. The van der Waals surface area contributed by atoms with Crippen LogP contribution >= 0.6 is 0 Å². The van der Waals surface area contributed by atoms with Gasteiger partial charge in [-0.05, 0) is 42.7 Å². The van der Waals surface area contributed by atoms with E-state index in [0.29, 0.717) is 5.92 Å². The van der Waals surface area contributed by atoms with Gasteiger partial charge in [0, 0.05) is 50.6 Å². The first kappa shape index (κ1) is 16.6. The molecule has 1 saturated heterocycles. The summed E-state index contributed by atoms with van der Waals surface area (Å²) in [4.78, 5) is 14.7. The number of carbonyl (C=O) groups is 1. The highest BCUT2D eigenvalue weighted by Crippen LogP contribution is 2.26. The smallest absolute Gasteiger partial charge is 0.253 e. The van der Waals surface area contributed by atoms with E-state index in [0.717, 1.165) is 43.9 Å². The Morgan fingerprint density at radius 1 is 1.12 bits per heavy atom. The van der Waals surface area contributed by atoms with E-state index in [9.17, 15) is 4.79 Å². The predicted molar refractivity (Wildman–Crippen MR) is 98.9 cm³/mol. The van der Waals surface area contributed by atoms with Gasteiger partial charge in [0.2, 0.25) is 0 Å². The lowest BCUT2D eigenvalue weighted by Crippen LogP contribution is -2.38. The second-order valence-corrected chi connectivity index (χ2v) is 6.92. The van der Waals surface area contributed by atoms with Crippen LogP contribution in [-0.4, -0.2) is 43.2 Å². The lowest BCUT2D eigenvalue weighted by atomic mass is 9.95. The maximum absolute atomic E-state index is 12.8. The van der Waals surface area contributed by atoms with Crippen molar-refractivity contribution in [1.29, 1.82) is 0 Å². The van der Waals surface area contributed by atoms with Crippen molar-refractivity contribution >= 4 is 5.91 Å². The number of hydrogen-bond donors (Lipinski definition) is 0. The van der Waals surface area contributed by atoms with E-state index in [1.165, 1.54) is 5.56 Å². The van der Waals surface area contributed by atoms with Crippen LogP contribution in [0.2, 0.25) is 0 Å². The van der Waals surface area contributed by atoms with Gasteiger partial charge in [-0.25, -0.2) is 0 Å². The fourth-order valence-electron chi connectivity index (χ4n) is 3.62. The van der Waals surface area contributed by atoms with Crippen LogP contribution in [0, 0.1) is 0 Å². The molecule has 2 aromatic heterocycles. The first-order valence-corrected chi connectivity index (χ1v) is 9.03. The molecule has 134 valence electrons. The normalized spacial score (nSPS) is 15.3. The van der Waals surface area contributed by atoms with Crippen LogP contribution in [0.5, 0.6) is 0 Å². The number of likely N-dealkylation sites (tertiary alicyclic amines) is 1. The summed E-state index contributed by atoms with van der Waals surface area (Å²) in [6, 6.07) is 12.0. The topological polar surface area (TPSA) is 56.0 Å². The third kappa shape index (κ3) is 3.40. The number of benzene rings is 1. The largest absolute Gasteiger partial charge is 0.350 e. The van der Waals surface area contributed by atoms with Gasteiger partial charge in [0.05, 0.1) is 0 Å². The molecular formula is C20H23N5O. The number of rotatable bonds is 4. The number of aromatic nitrogens is 4. The number of amides is 1. The lowest BCUT2D eigenvalue weighted by Gasteiger charge is -2.31. The molecule has 1 aliphatic rings. The van der Waals surface area contributed by atoms with Gasteiger partial charge in [-0.3, -0.25) is 4.79 Å². The maximum Gasteiger partial charge on any atom is 0.253 e. The minimum Gasteiger partial charge on any atom is -0.350 e. The lowest BCUT2D eigenvalue weighted by molar-refractivity contribution is 0.0710. The van der Waals surface area contributed by atoms with Gasteiger partial charge >= 0.3 is 0 Å². The minimum absolute atomic E-state index is 0.119. The Hall–Kier alpha value is -2.89. The standard InChI is InChI=1S/C20H23N5O/c1-23-15-21-22-19(23)17-8-12-25(13-9-17)20(26)18-6-4-16(5-7-18)14-24-10-2-3-11-24/h2-7,10-11,15,17H,8-9,12-14H2,1H3. The Morgan fingerprint density at radius 2 is 1.81 bits per heavy atom. The van der Waals surface area contributed by atoms with Crippen LogP contribution in [0.25, 0.3) is 0 Å². The zero-order valence-electron chi connectivity index (χ0n) is 15.0. The highest BCUT2D eigenvalue weighted by Gasteiger charge is 2.26. The molecule has 1 fully saturated rings. The number of nitrogens with zero attached hydrogens (tertiary/aromatic N) is 5. The van der Waals surface area contributed by atoms with Gasteiger partial charge in [0.1, 0.15) is 12.2 Å². The van der Waals surface area contributed by atoms with Crippen LogP contribution in [0.15, 0.2) is 55.1 Å². The fourth-order valence-corrected chi connectivity index (χ4v) is 3.62. The summed E-state index contributed by atoms with van der Waals surface area (Å²) in [5, 5.41) is 8.18. The average Bonchev–Trinajstić information content (AvgIpc) is 3.34. The molecule has 0 unspecified atom stereocenters. The fraction of sp³-hybridized carbons (Fsp3) is 0.350. The maximum atomic E-state index is 12.8. The Labute approximate surface area is 153 Å². The monoisotopic (exact) mass is 349 g/mol. The molecule has 6 nitrogen and oxygen atoms in total. The molecule has 0 radical (unpaired) electrons. The molecule has 0 aliphatic carbocycles. The van der Waals surface area contributed by atoms with E-state index in [2.05, 4.69) is 14.8 Å². The molecule has 0 saturated carbocycles. The average molecular weight is 349 g/mol. The molecule has 3 heterocycles. The number of piperidine rings is 1. The molecule has 6 heteroatoms. The quantitative estimate of drug-likeness (QED) is 0.728. The van der Waals surface area contributed by atoms with Crippen LogP contribution in [0.1, 0.15) is 40.5 Å². The molecule has 0 atom stereocenters. The highest BCUT2D eigenvalue weighted by atomic mass is 16.2. The second kappa shape index (κ2) is 7.15. The molecule has 26 heavy (non-hydrogen) atoms. The molecule has 0 N–H and O–H groups in total. The Bertz CT molecular complexity index is 858. The van der Waals surface area contributed by atoms with Gasteiger partial charge in [-0.1, -0.05) is 12.1 Å². The molecule has 1 aromatic carbocycles. The molecule has 1 aliphatic heterocycles. The van der Waals surface area contributed by atoms with Crippen molar-refractivity contribution in [2.24, 2.45) is 7.05 Å². The van der Waals surface area contributed by atoms with Crippen molar-refractivity contribution in [2.45, 2.75) is 25.3 Å². The first-order valence-electron chi connectivity index (χ1n) is 9.03. The van der Waals surface area contributed by atoms with Crippen LogP contribution in [0.4, 0.5) is 0 Å². The van der Waals surface area contributed by atoms with Crippen LogP contribution in [0.3, 0.4) is 0 Å². The van der Waals surface area contributed by atoms with Gasteiger partial charge in [-0.15, -0.1) is 10.2 Å².